The molecule has 0 radical (unpaired) electrons. The van der Waals surface area contributed by atoms with Crippen LogP contribution in [0.25, 0.3) is 0 Å². The van der Waals surface area contributed by atoms with Gasteiger partial charge >= 0.3 is 0 Å². The van der Waals surface area contributed by atoms with Gasteiger partial charge < -0.3 is 4.74 Å². The molecule has 2 atom stereocenters. The van der Waals surface area contributed by atoms with Crippen LogP contribution in [0.3, 0.4) is 0 Å². The number of ether oxygens (including phenoxy) is 1. The van der Waals surface area contributed by atoms with E-state index in [1.807, 2.05) is 24.3 Å². The molecule has 158 valence electrons. The molecule has 5 heteroatoms. The lowest BCUT2D eigenvalue weighted by atomic mass is 9.67. The van der Waals surface area contributed by atoms with Gasteiger partial charge in [-0.25, -0.2) is 4.39 Å². The van der Waals surface area contributed by atoms with Crippen LogP contribution in [-0.4, -0.2) is 17.3 Å². The Balaban J connectivity index is 1.44. The van der Waals surface area contributed by atoms with Crippen LogP contribution in [0.1, 0.15) is 55.6 Å². The van der Waals surface area contributed by atoms with Crippen molar-refractivity contribution in [2.45, 2.75) is 51.0 Å². The molecule has 0 bridgehead atoms. The summed E-state index contributed by atoms with van der Waals surface area (Å²) >= 11 is 0. The van der Waals surface area contributed by atoms with Crippen molar-refractivity contribution in [1.29, 1.82) is 0 Å². The van der Waals surface area contributed by atoms with Gasteiger partial charge in [0, 0.05) is 41.3 Å². The zero-order valence-electron chi connectivity index (χ0n) is 17.3. The second kappa shape index (κ2) is 8.22. The molecular weight excluding hydrogens is 393 g/mol. The number of fused-ring (bicyclic) bond motifs is 1. The highest BCUT2D eigenvalue weighted by molar-refractivity contribution is 6.12. The molecule has 0 N–H and O–H groups in total. The first kappa shape index (κ1) is 19.9. The molecule has 2 aromatic rings. The van der Waals surface area contributed by atoms with Gasteiger partial charge in [0.05, 0.1) is 5.92 Å². The van der Waals surface area contributed by atoms with E-state index >= 15 is 0 Å². The van der Waals surface area contributed by atoms with E-state index < -0.39 is 0 Å². The lowest BCUT2D eigenvalue weighted by Crippen LogP contribution is -2.39. The Labute approximate surface area is 180 Å². The zero-order valence-corrected chi connectivity index (χ0v) is 17.3. The number of ketones is 2. The third kappa shape index (κ3) is 3.73. The molecule has 0 amide bonds. The fourth-order valence-corrected chi connectivity index (χ4v) is 5.01. The van der Waals surface area contributed by atoms with E-state index in [0.29, 0.717) is 24.2 Å². The number of hydrogen-bond acceptors (Lipinski definition) is 4. The van der Waals surface area contributed by atoms with Gasteiger partial charge in [0.2, 0.25) is 0 Å². The van der Waals surface area contributed by atoms with E-state index in [1.165, 1.54) is 6.07 Å². The second-order valence-electron chi connectivity index (χ2n) is 8.46. The van der Waals surface area contributed by atoms with Gasteiger partial charge in [-0.3, -0.25) is 14.6 Å². The number of benzene rings is 2. The number of carbonyl (C=O) groups excluding carboxylic acids is 2. The molecule has 1 heterocycles. The molecule has 1 aliphatic heterocycles. The first-order valence-electron chi connectivity index (χ1n) is 10.9. The number of aliphatic imine (C=N–C) groups is 1. The van der Waals surface area contributed by atoms with Crippen LogP contribution in [0, 0.1) is 11.7 Å². The molecule has 2 aromatic carbocycles. The first-order valence-corrected chi connectivity index (χ1v) is 10.9. The molecule has 5 rings (SSSR count). The zero-order chi connectivity index (χ0) is 21.4. The summed E-state index contributed by atoms with van der Waals surface area (Å²) in [6.07, 6.45) is 4.34. The Morgan fingerprint density at radius 1 is 0.903 bits per heavy atom. The lowest BCUT2D eigenvalue weighted by Gasteiger charge is -2.37. The Morgan fingerprint density at radius 2 is 1.68 bits per heavy atom. The van der Waals surface area contributed by atoms with Crippen molar-refractivity contribution >= 4 is 17.3 Å². The van der Waals surface area contributed by atoms with Crippen LogP contribution in [0.5, 0.6) is 5.75 Å². The average molecular weight is 417 g/mol. The van der Waals surface area contributed by atoms with Crippen LogP contribution >= 0.6 is 0 Å². The van der Waals surface area contributed by atoms with Gasteiger partial charge in [-0.2, -0.15) is 0 Å². The van der Waals surface area contributed by atoms with E-state index in [4.69, 9.17) is 9.73 Å². The predicted octanol–water partition coefficient (Wildman–Crippen LogP) is 5.32. The SMILES string of the molecule is O=C1CCCC2=C1[C@H](c1ccc(OCc3ccccc3F)cc1)C1C(=O)CCCC1=N2. The monoisotopic (exact) mass is 417 g/mol. The maximum absolute atomic E-state index is 13.8. The van der Waals surface area contributed by atoms with Crippen molar-refractivity contribution in [3.63, 3.8) is 0 Å². The quantitative estimate of drug-likeness (QED) is 0.677. The van der Waals surface area contributed by atoms with Gasteiger partial charge in [-0.15, -0.1) is 0 Å². The molecule has 1 fully saturated rings. The van der Waals surface area contributed by atoms with E-state index in [9.17, 15) is 14.0 Å². The standard InChI is InChI=1S/C26H24FNO3/c27-19-6-2-1-5-17(19)15-31-18-13-11-16(12-14-18)24-25-20(7-3-9-22(25)29)28-21-8-4-10-23(30)26(21)24/h1-2,5-6,11-14,24-25H,3-4,7-10,15H2/t24-,25?/m1/s1. The Morgan fingerprint density at radius 3 is 2.48 bits per heavy atom. The summed E-state index contributed by atoms with van der Waals surface area (Å²) in [5.41, 5.74) is 3.98. The summed E-state index contributed by atoms with van der Waals surface area (Å²) in [7, 11) is 0. The van der Waals surface area contributed by atoms with Crippen LogP contribution in [0.15, 0.2) is 64.8 Å². The van der Waals surface area contributed by atoms with E-state index in [0.717, 1.165) is 48.2 Å². The van der Waals surface area contributed by atoms with Gasteiger partial charge in [-0.1, -0.05) is 30.3 Å². The minimum atomic E-state index is -0.334. The van der Waals surface area contributed by atoms with Gasteiger partial charge in [0.25, 0.3) is 0 Å². The summed E-state index contributed by atoms with van der Waals surface area (Å²) in [5.74, 6) is 0.0330. The highest BCUT2D eigenvalue weighted by atomic mass is 19.1. The molecule has 3 aliphatic rings. The third-order valence-corrected chi connectivity index (χ3v) is 6.50. The maximum Gasteiger partial charge on any atom is 0.161 e. The fraction of sp³-hybridized carbons (Fsp3) is 0.346. The Kier molecular flexibility index (Phi) is 5.26. The van der Waals surface area contributed by atoms with Crippen molar-refractivity contribution in [1.82, 2.24) is 0 Å². The molecule has 4 nitrogen and oxygen atoms in total. The number of carbonyl (C=O) groups is 2. The highest BCUT2D eigenvalue weighted by Crippen LogP contribution is 2.46. The normalized spacial score (nSPS) is 23.2. The van der Waals surface area contributed by atoms with Gasteiger partial charge in [-0.05, 0) is 49.4 Å². The molecule has 1 saturated carbocycles. The first-order chi connectivity index (χ1) is 15.1. The maximum atomic E-state index is 13.8. The fourth-order valence-electron chi connectivity index (χ4n) is 5.01. The number of nitrogens with zero attached hydrogens (tertiary/aromatic N) is 1. The highest BCUT2D eigenvalue weighted by Gasteiger charge is 2.44. The molecule has 31 heavy (non-hydrogen) atoms. The lowest BCUT2D eigenvalue weighted by molar-refractivity contribution is -0.122. The molecule has 0 saturated heterocycles. The van der Waals surface area contributed by atoms with Crippen LogP contribution in [0.2, 0.25) is 0 Å². The number of halogens is 1. The molecule has 2 aliphatic carbocycles. The summed E-state index contributed by atoms with van der Waals surface area (Å²) in [6, 6.07) is 14.1. The number of hydrogen-bond donors (Lipinski definition) is 0. The number of Topliss-reactive ketones (excluding diaryl/α,β-unsaturated/α-hetero) is 2. The second-order valence-corrected chi connectivity index (χ2v) is 8.46. The third-order valence-electron chi connectivity index (χ3n) is 6.50. The largest absolute Gasteiger partial charge is 0.489 e. The Bertz CT molecular complexity index is 1100. The van der Waals surface area contributed by atoms with Crippen LogP contribution in [-0.2, 0) is 16.2 Å². The summed E-state index contributed by atoms with van der Waals surface area (Å²) in [6.45, 7) is 0.140. The smallest absolute Gasteiger partial charge is 0.161 e. The number of allylic oxidation sites excluding steroid dienone is 2. The van der Waals surface area contributed by atoms with Crippen molar-refractivity contribution in [3.05, 3.63) is 76.7 Å². The van der Waals surface area contributed by atoms with Crippen molar-refractivity contribution in [2.24, 2.45) is 10.9 Å². The summed E-state index contributed by atoms with van der Waals surface area (Å²) in [5, 5.41) is 0. The molecular formula is C26H24FNO3. The molecule has 0 aromatic heterocycles. The molecule has 0 spiro atoms. The van der Waals surface area contributed by atoms with Crippen LogP contribution in [0.4, 0.5) is 4.39 Å². The van der Waals surface area contributed by atoms with Gasteiger partial charge in [0.15, 0.2) is 5.78 Å². The van der Waals surface area contributed by atoms with Gasteiger partial charge in [0.1, 0.15) is 24.0 Å². The minimum absolute atomic E-state index is 0.118. The van der Waals surface area contributed by atoms with Crippen molar-refractivity contribution in [3.8, 4) is 5.75 Å². The molecule has 1 unspecified atom stereocenters. The number of rotatable bonds is 4. The minimum Gasteiger partial charge on any atom is -0.489 e. The summed E-state index contributed by atoms with van der Waals surface area (Å²) < 4.78 is 19.6. The van der Waals surface area contributed by atoms with E-state index in [1.54, 1.807) is 18.2 Å². The average Bonchev–Trinajstić information content (AvgIpc) is 2.78. The summed E-state index contributed by atoms with van der Waals surface area (Å²) in [4.78, 5) is 30.5. The predicted molar refractivity (Wildman–Crippen MR) is 116 cm³/mol. The van der Waals surface area contributed by atoms with Crippen molar-refractivity contribution in [2.75, 3.05) is 0 Å². The van der Waals surface area contributed by atoms with E-state index in [-0.39, 0.29) is 35.8 Å². The van der Waals surface area contributed by atoms with Crippen molar-refractivity contribution < 1.29 is 18.7 Å². The van der Waals surface area contributed by atoms with E-state index in [2.05, 4.69) is 0 Å². The topological polar surface area (TPSA) is 55.7 Å². The Hall–Kier alpha value is -3.08. The van der Waals surface area contributed by atoms with Crippen LogP contribution < -0.4 is 4.74 Å².